The second kappa shape index (κ2) is 4.49. The molecule has 0 atom stereocenters. The Morgan fingerprint density at radius 1 is 1.15 bits per heavy atom. The summed E-state index contributed by atoms with van der Waals surface area (Å²) in [6, 6.07) is 8.06. The Kier molecular flexibility index (Phi) is 2.79. The van der Waals surface area contributed by atoms with Crippen molar-refractivity contribution in [1.29, 1.82) is 0 Å². The van der Waals surface area contributed by atoms with Gasteiger partial charge < -0.3 is 5.73 Å². The molecular weight excluding hydrogens is 278 g/mol. The van der Waals surface area contributed by atoms with Crippen molar-refractivity contribution in [2.24, 2.45) is 0 Å². The van der Waals surface area contributed by atoms with Gasteiger partial charge >= 0.3 is 0 Å². The molecule has 7 nitrogen and oxygen atoms in total. The number of fused-ring (bicyclic) bond motifs is 1. The average molecular weight is 289 g/mol. The van der Waals surface area contributed by atoms with Gasteiger partial charge in [0.05, 0.1) is 23.1 Å². The Morgan fingerprint density at radius 2 is 2.00 bits per heavy atom. The number of benzene rings is 1. The number of nitrogens with one attached hydrogen (secondary N) is 2. The van der Waals surface area contributed by atoms with Crippen molar-refractivity contribution >= 4 is 32.3 Å². The fourth-order valence-electron chi connectivity index (χ4n) is 1.88. The van der Waals surface area contributed by atoms with E-state index in [0.29, 0.717) is 22.3 Å². The van der Waals surface area contributed by atoms with Gasteiger partial charge in [0.15, 0.2) is 5.03 Å². The summed E-state index contributed by atoms with van der Waals surface area (Å²) in [4.78, 5) is 4.15. The Balaban J connectivity index is 2.11. The zero-order chi connectivity index (χ0) is 14.2. The summed E-state index contributed by atoms with van der Waals surface area (Å²) in [5, 5.41) is 6.67. The van der Waals surface area contributed by atoms with Crippen molar-refractivity contribution < 1.29 is 8.42 Å². The monoisotopic (exact) mass is 289 g/mol. The Labute approximate surface area is 114 Å². The minimum atomic E-state index is -3.71. The van der Waals surface area contributed by atoms with Crippen LogP contribution in [0.2, 0.25) is 0 Å². The second-order valence-electron chi connectivity index (χ2n) is 4.13. The molecule has 20 heavy (non-hydrogen) atoms. The zero-order valence-electron chi connectivity index (χ0n) is 10.2. The lowest BCUT2D eigenvalue weighted by Crippen LogP contribution is -2.14. The number of rotatable bonds is 3. The third kappa shape index (κ3) is 2.05. The maximum Gasteiger partial charge on any atom is 0.278 e. The first-order valence-corrected chi connectivity index (χ1v) is 7.22. The highest BCUT2D eigenvalue weighted by Gasteiger charge is 2.17. The van der Waals surface area contributed by atoms with Crippen LogP contribution >= 0.6 is 0 Å². The second-order valence-corrected chi connectivity index (χ2v) is 5.78. The van der Waals surface area contributed by atoms with Gasteiger partial charge in [-0.3, -0.25) is 14.8 Å². The lowest BCUT2D eigenvalue weighted by atomic mass is 10.1. The van der Waals surface area contributed by atoms with Gasteiger partial charge in [-0.1, -0.05) is 0 Å². The van der Waals surface area contributed by atoms with Gasteiger partial charge in [0.2, 0.25) is 0 Å². The van der Waals surface area contributed by atoms with Crippen LogP contribution in [0.25, 0.3) is 10.9 Å². The SMILES string of the molecule is Nc1ccc(NS(=O)(=O)c2ccn[nH]2)c2cccnc12. The molecule has 1 aromatic carbocycles. The highest BCUT2D eigenvalue weighted by Crippen LogP contribution is 2.27. The molecular formula is C12H11N5O2S. The van der Waals surface area contributed by atoms with E-state index in [1.165, 1.54) is 12.3 Å². The topological polar surface area (TPSA) is 114 Å². The predicted octanol–water partition coefficient (Wildman–Crippen LogP) is 1.34. The number of aromatic amines is 1. The number of nitrogens with zero attached hydrogens (tertiary/aromatic N) is 2. The lowest BCUT2D eigenvalue weighted by molar-refractivity contribution is 0.597. The molecule has 0 spiro atoms. The number of aromatic nitrogens is 3. The molecule has 0 aliphatic carbocycles. The van der Waals surface area contributed by atoms with Crippen LogP contribution in [0.4, 0.5) is 11.4 Å². The summed E-state index contributed by atoms with van der Waals surface area (Å²) in [6.07, 6.45) is 2.98. The van der Waals surface area contributed by atoms with Gasteiger partial charge in [-0.15, -0.1) is 0 Å². The van der Waals surface area contributed by atoms with Crippen LogP contribution in [0.15, 0.2) is 47.8 Å². The summed E-state index contributed by atoms with van der Waals surface area (Å²) in [7, 11) is -3.71. The molecule has 0 aliphatic rings. The van der Waals surface area contributed by atoms with E-state index < -0.39 is 10.0 Å². The molecule has 8 heteroatoms. The van der Waals surface area contributed by atoms with E-state index in [-0.39, 0.29) is 5.03 Å². The Hall–Kier alpha value is -2.61. The van der Waals surface area contributed by atoms with Crippen molar-refractivity contribution in [3.8, 4) is 0 Å². The number of hydrogen-bond donors (Lipinski definition) is 3. The molecule has 0 saturated heterocycles. The van der Waals surface area contributed by atoms with Gasteiger partial charge in [-0.05, 0) is 30.3 Å². The summed E-state index contributed by atoms with van der Waals surface area (Å²) < 4.78 is 26.8. The summed E-state index contributed by atoms with van der Waals surface area (Å²) in [6.45, 7) is 0. The third-order valence-electron chi connectivity index (χ3n) is 2.81. The van der Waals surface area contributed by atoms with Crippen molar-refractivity contribution in [2.45, 2.75) is 5.03 Å². The standard InChI is InChI=1S/C12H11N5O2S/c13-9-3-4-10(8-2-1-6-14-12(8)9)17-20(18,19)11-5-7-15-16-11/h1-7,17H,13H2,(H,15,16). The van der Waals surface area contributed by atoms with E-state index in [0.717, 1.165) is 0 Å². The molecule has 0 saturated carbocycles. The van der Waals surface area contributed by atoms with Crippen LogP contribution < -0.4 is 10.5 Å². The van der Waals surface area contributed by atoms with Crippen molar-refractivity contribution in [2.75, 3.05) is 10.5 Å². The van der Waals surface area contributed by atoms with E-state index in [4.69, 9.17) is 5.73 Å². The van der Waals surface area contributed by atoms with Gasteiger partial charge in [0, 0.05) is 11.6 Å². The molecule has 3 rings (SSSR count). The van der Waals surface area contributed by atoms with Crippen molar-refractivity contribution in [3.63, 3.8) is 0 Å². The normalized spacial score (nSPS) is 11.6. The quantitative estimate of drug-likeness (QED) is 0.630. The van der Waals surface area contributed by atoms with Crippen LogP contribution in [0, 0.1) is 0 Å². The third-order valence-corrected chi connectivity index (χ3v) is 4.10. The molecule has 2 aromatic heterocycles. The van der Waals surface area contributed by atoms with Gasteiger partial charge in [0.25, 0.3) is 10.0 Å². The number of anilines is 2. The molecule has 0 fully saturated rings. The highest BCUT2D eigenvalue weighted by atomic mass is 32.2. The number of sulfonamides is 1. The van der Waals surface area contributed by atoms with E-state index >= 15 is 0 Å². The number of H-pyrrole nitrogens is 1. The zero-order valence-corrected chi connectivity index (χ0v) is 11.1. The first-order chi connectivity index (χ1) is 9.58. The molecule has 0 aliphatic heterocycles. The van der Waals surface area contributed by atoms with Crippen molar-refractivity contribution in [1.82, 2.24) is 15.2 Å². The minimum absolute atomic E-state index is 0.00800. The summed E-state index contributed by atoms with van der Waals surface area (Å²) in [5.41, 5.74) is 7.29. The number of nitrogen functional groups attached to an aromatic ring is 1. The molecule has 0 unspecified atom stereocenters. The van der Waals surface area contributed by atoms with E-state index in [2.05, 4.69) is 19.9 Å². The van der Waals surface area contributed by atoms with Crippen molar-refractivity contribution in [3.05, 3.63) is 42.7 Å². The lowest BCUT2D eigenvalue weighted by Gasteiger charge is -2.10. The van der Waals surface area contributed by atoms with Crippen LogP contribution in [0.1, 0.15) is 0 Å². The molecule has 102 valence electrons. The van der Waals surface area contributed by atoms with E-state index in [1.54, 1.807) is 30.5 Å². The van der Waals surface area contributed by atoms with E-state index in [1.807, 2.05) is 0 Å². The smallest absolute Gasteiger partial charge is 0.278 e. The maximum absolute atomic E-state index is 12.2. The molecule has 0 radical (unpaired) electrons. The number of nitrogens with two attached hydrogens (primary N) is 1. The largest absolute Gasteiger partial charge is 0.397 e. The van der Waals surface area contributed by atoms with Gasteiger partial charge in [-0.25, -0.2) is 0 Å². The maximum atomic E-state index is 12.2. The molecule has 4 N–H and O–H groups in total. The summed E-state index contributed by atoms with van der Waals surface area (Å²) >= 11 is 0. The molecule has 0 bridgehead atoms. The van der Waals surface area contributed by atoms with Crippen LogP contribution in [0.5, 0.6) is 0 Å². The van der Waals surface area contributed by atoms with Crippen LogP contribution in [-0.2, 0) is 10.0 Å². The number of pyridine rings is 1. The Bertz CT molecular complexity index is 859. The minimum Gasteiger partial charge on any atom is -0.397 e. The van der Waals surface area contributed by atoms with Crippen LogP contribution in [0.3, 0.4) is 0 Å². The number of hydrogen-bond acceptors (Lipinski definition) is 5. The van der Waals surface area contributed by atoms with E-state index in [9.17, 15) is 8.42 Å². The predicted molar refractivity (Wildman–Crippen MR) is 75.6 cm³/mol. The first-order valence-electron chi connectivity index (χ1n) is 5.73. The highest BCUT2D eigenvalue weighted by molar-refractivity contribution is 7.92. The van der Waals surface area contributed by atoms with Gasteiger partial charge in [0.1, 0.15) is 0 Å². The summed E-state index contributed by atoms with van der Waals surface area (Å²) in [5.74, 6) is 0. The molecule has 0 amide bonds. The Morgan fingerprint density at radius 3 is 2.75 bits per heavy atom. The molecule has 3 aromatic rings. The fraction of sp³-hybridized carbons (Fsp3) is 0. The molecule has 2 heterocycles. The van der Waals surface area contributed by atoms with Crippen LogP contribution in [-0.4, -0.2) is 23.6 Å². The fourth-order valence-corrected chi connectivity index (χ4v) is 2.87. The van der Waals surface area contributed by atoms with Gasteiger partial charge in [-0.2, -0.15) is 13.5 Å². The average Bonchev–Trinajstić information content (AvgIpc) is 2.97. The first kappa shape index (κ1) is 12.4.